The summed E-state index contributed by atoms with van der Waals surface area (Å²) in [4.78, 5) is 37.4. The van der Waals surface area contributed by atoms with Gasteiger partial charge in [-0.2, -0.15) is 0 Å². The molecular formula is C25H27F2N3O5. The van der Waals surface area contributed by atoms with E-state index >= 15 is 0 Å². The average molecular weight is 488 g/mol. The Morgan fingerprint density at radius 2 is 1.63 bits per heavy atom. The van der Waals surface area contributed by atoms with E-state index in [2.05, 4.69) is 10.6 Å². The fourth-order valence-corrected chi connectivity index (χ4v) is 4.66. The molecule has 8 nitrogen and oxygen atoms in total. The molecule has 2 aromatic carbocycles. The number of alkyl halides is 2. The quantitative estimate of drug-likeness (QED) is 0.502. The zero-order chi connectivity index (χ0) is 25.3. The number of carboxylic acids is 1. The Hall–Kier alpha value is -3.53. The van der Waals surface area contributed by atoms with E-state index in [1.54, 1.807) is 14.1 Å². The molecule has 3 N–H and O–H groups in total. The third-order valence-electron chi connectivity index (χ3n) is 6.46. The van der Waals surface area contributed by atoms with Crippen molar-refractivity contribution in [3.63, 3.8) is 0 Å². The molecule has 0 radical (unpaired) electrons. The first-order valence-electron chi connectivity index (χ1n) is 11.3. The molecule has 1 fully saturated rings. The molecule has 4 rings (SSSR count). The number of carbonyl (C=O) groups excluding carboxylic acids is 2. The molecule has 0 aromatic heterocycles. The van der Waals surface area contributed by atoms with E-state index in [0.29, 0.717) is 0 Å². The lowest BCUT2D eigenvalue weighted by molar-refractivity contribution is -0.142. The van der Waals surface area contributed by atoms with E-state index in [-0.39, 0.29) is 19.1 Å². The number of halogens is 2. The number of benzene rings is 2. The van der Waals surface area contributed by atoms with E-state index in [1.165, 1.54) is 4.90 Å². The van der Waals surface area contributed by atoms with Crippen molar-refractivity contribution in [1.29, 1.82) is 0 Å². The highest BCUT2D eigenvalue weighted by Crippen LogP contribution is 2.55. The summed E-state index contributed by atoms with van der Waals surface area (Å²) < 4.78 is 33.8. The van der Waals surface area contributed by atoms with Crippen LogP contribution in [0.3, 0.4) is 0 Å². The van der Waals surface area contributed by atoms with Gasteiger partial charge in [0.1, 0.15) is 18.6 Å². The van der Waals surface area contributed by atoms with Gasteiger partial charge in [0.2, 0.25) is 5.91 Å². The van der Waals surface area contributed by atoms with E-state index < -0.39 is 48.3 Å². The number of alkyl carbamates (subject to hydrolysis) is 1. The average Bonchev–Trinajstić information content (AvgIpc) is 3.22. The first-order chi connectivity index (χ1) is 16.6. The molecule has 0 aliphatic heterocycles. The fourth-order valence-electron chi connectivity index (χ4n) is 4.66. The molecule has 0 bridgehead atoms. The van der Waals surface area contributed by atoms with Crippen molar-refractivity contribution < 1.29 is 33.0 Å². The summed E-state index contributed by atoms with van der Waals surface area (Å²) in [6.45, 7) is -0.467. The molecule has 186 valence electrons. The number of ether oxygens (including phenoxy) is 1. The largest absolute Gasteiger partial charge is 0.480 e. The van der Waals surface area contributed by atoms with Crippen LogP contribution in [0.4, 0.5) is 13.6 Å². The highest BCUT2D eigenvalue weighted by atomic mass is 19.3. The summed E-state index contributed by atoms with van der Waals surface area (Å²) in [6.07, 6.45) is -0.857. The lowest BCUT2D eigenvalue weighted by Crippen LogP contribution is -2.48. The summed E-state index contributed by atoms with van der Waals surface area (Å²) in [6, 6.07) is 14.3. The Balaban J connectivity index is 1.31. The molecule has 2 aliphatic rings. The van der Waals surface area contributed by atoms with Crippen LogP contribution in [-0.4, -0.2) is 73.7 Å². The van der Waals surface area contributed by atoms with Crippen molar-refractivity contribution in [2.75, 3.05) is 33.8 Å². The van der Waals surface area contributed by atoms with Gasteiger partial charge < -0.3 is 25.4 Å². The molecular weight excluding hydrogens is 460 g/mol. The first-order valence-corrected chi connectivity index (χ1v) is 11.3. The molecule has 1 saturated carbocycles. The minimum absolute atomic E-state index is 0.0374. The number of carboxylic acid groups (broad SMARTS) is 1. The fraction of sp³-hybridized carbons (Fsp3) is 0.400. The highest BCUT2D eigenvalue weighted by molar-refractivity contribution is 5.88. The van der Waals surface area contributed by atoms with E-state index in [1.807, 2.05) is 48.5 Å². The summed E-state index contributed by atoms with van der Waals surface area (Å²) in [5.74, 6) is -9.02. The highest BCUT2D eigenvalue weighted by Gasteiger charge is 2.71. The Bertz CT molecular complexity index is 1090. The SMILES string of the molecule is CN(C)CC(NC(=O)[C@@H]1[C@H](CNC(=O)OCC2c3ccccc3-c3ccccc32)C1(F)F)C(=O)O. The predicted molar refractivity (Wildman–Crippen MR) is 123 cm³/mol. The number of nitrogens with one attached hydrogen (secondary N) is 2. The standard InChI is InChI=1S/C25H27F2N3O5/c1-30(2)12-20(23(32)33)29-22(31)21-19(25(21,26)27)11-28-24(34)35-13-18-16-9-5-3-7-14(16)15-8-4-6-10-17(15)18/h3-10,18-21H,11-13H2,1-2H3,(H,28,34)(H,29,31)(H,32,33)/t19-,20?,21-/m0/s1. The molecule has 0 spiro atoms. The summed E-state index contributed by atoms with van der Waals surface area (Å²) in [7, 11) is 3.21. The van der Waals surface area contributed by atoms with Crippen LogP contribution < -0.4 is 10.6 Å². The Morgan fingerprint density at radius 3 is 2.17 bits per heavy atom. The maximum Gasteiger partial charge on any atom is 0.407 e. The lowest BCUT2D eigenvalue weighted by atomic mass is 9.98. The number of amides is 2. The van der Waals surface area contributed by atoms with Gasteiger partial charge in [-0.15, -0.1) is 0 Å². The van der Waals surface area contributed by atoms with Crippen LogP contribution in [0.2, 0.25) is 0 Å². The summed E-state index contributed by atoms with van der Waals surface area (Å²) in [5, 5.41) is 13.7. The smallest absolute Gasteiger partial charge is 0.407 e. The van der Waals surface area contributed by atoms with E-state index in [9.17, 15) is 28.3 Å². The van der Waals surface area contributed by atoms with Gasteiger partial charge >= 0.3 is 12.1 Å². The van der Waals surface area contributed by atoms with Crippen molar-refractivity contribution in [3.05, 3.63) is 59.7 Å². The maximum atomic E-state index is 14.2. The van der Waals surface area contributed by atoms with Gasteiger partial charge in [0.05, 0.1) is 5.92 Å². The monoisotopic (exact) mass is 487 g/mol. The number of fused-ring (bicyclic) bond motifs is 3. The zero-order valence-corrected chi connectivity index (χ0v) is 19.3. The van der Waals surface area contributed by atoms with Crippen molar-refractivity contribution in [2.45, 2.75) is 17.9 Å². The number of rotatable bonds is 9. The van der Waals surface area contributed by atoms with Crippen LogP contribution >= 0.6 is 0 Å². The van der Waals surface area contributed by atoms with Gasteiger partial charge in [-0.05, 0) is 36.3 Å². The van der Waals surface area contributed by atoms with Gasteiger partial charge in [0.25, 0.3) is 5.92 Å². The number of carbonyl (C=O) groups is 3. The predicted octanol–water partition coefficient (Wildman–Crippen LogP) is 2.54. The van der Waals surface area contributed by atoms with Crippen molar-refractivity contribution in [2.24, 2.45) is 11.8 Å². The third-order valence-corrected chi connectivity index (χ3v) is 6.46. The number of likely N-dealkylation sites (N-methyl/N-ethyl adjacent to an activating group) is 1. The second-order valence-corrected chi connectivity index (χ2v) is 9.13. The van der Waals surface area contributed by atoms with Crippen LogP contribution in [0.15, 0.2) is 48.5 Å². The summed E-state index contributed by atoms with van der Waals surface area (Å²) >= 11 is 0. The van der Waals surface area contributed by atoms with E-state index in [0.717, 1.165) is 22.3 Å². The molecule has 0 saturated heterocycles. The normalized spacial score (nSPS) is 20.5. The molecule has 3 atom stereocenters. The number of aliphatic carboxylic acids is 1. The minimum atomic E-state index is -3.35. The number of hydrogen-bond donors (Lipinski definition) is 3. The van der Waals surface area contributed by atoms with Crippen molar-refractivity contribution in [1.82, 2.24) is 15.5 Å². The molecule has 35 heavy (non-hydrogen) atoms. The van der Waals surface area contributed by atoms with Crippen LogP contribution in [-0.2, 0) is 14.3 Å². The maximum absolute atomic E-state index is 14.2. The molecule has 1 unspecified atom stereocenters. The van der Waals surface area contributed by atoms with Crippen LogP contribution in [0.25, 0.3) is 11.1 Å². The Labute approximate surface area is 201 Å². The topological polar surface area (TPSA) is 108 Å². The van der Waals surface area contributed by atoms with Gasteiger partial charge in [-0.3, -0.25) is 4.79 Å². The van der Waals surface area contributed by atoms with Crippen LogP contribution in [0, 0.1) is 11.8 Å². The van der Waals surface area contributed by atoms with Gasteiger partial charge in [0.15, 0.2) is 0 Å². The second kappa shape index (κ2) is 9.61. The molecule has 2 amide bonds. The zero-order valence-electron chi connectivity index (χ0n) is 19.3. The lowest BCUT2D eigenvalue weighted by Gasteiger charge is -2.18. The first kappa shape index (κ1) is 24.6. The van der Waals surface area contributed by atoms with Gasteiger partial charge in [-0.1, -0.05) is 48.5 Å². The van der Waals surface area contributed by atoms with E-state index in [4.69, 9.17) is 4.74 Å². The Morgan fingerprint density at radius 1 is 1.06 bits per heavy atom. The van der Waals surface area contributed by atoms with Crippen LogP contribution in [0.5, 0.6) is 0 Å². The van der Waals surface area contributed by atoms with Crippen LogP contribution in [0.1, 0.15) is 17.0 Å². The molecule has 0 heterocycles. The van der Waals surface area contributed by atoms with Gasteiger partial charge in [-0.25, -0.2) is 18.4 Å². The number of hydrogen-bond acceptors (Lipinski definition) is 5. The number of nitrogens with zero attached hydrogens (tertiary/aromatic N) is 1. The molecule has 2 aliphatic carbocycles. The summed E-state index contributed by atoms with van der Waals surface area (Å²) in [5.41, 5.74) is 4.19. The minimum Gasteiger partial charge on any atom is -0.480 e. The second-order valence-electron chi connectivity index (χ2n) is 9.13. The molecule has 10 heteroatoms. The van der Waals surface area contributed by atoms with Crippen molar-refractivity contribution >= 4 is 18.0 Å². The third kappa shape index (κ3) is 4.97. The van der Waals surface area contributed by atoms with Crippen molar-refractivity contribution in [3.8, 4) is 11.1 Å². The molecule has 2 aromatic rings. The van der Waals surface area contributed by atoms with Gasteiger partial charge in [0, 0.05) is 19.0 Å². The Kier molecular flexibility index (Phi) is 6.75.